The van der Waals surface area contributed by atoms with Gasteiger partial charge in [0.15, 0.2) is 5.17 Å². The monoisotopic (exact) mass is 379 g/mol. The van der Waals surface area contributed by atoms with E-state index in [-0.39, 0.29) is 17.2 Å². The molecule has 7 nitrogen and oxygen atoms in total. The maximum atomic E-state index is 12.3. The normalized spacial score (nSPS) is 17.7. The Morgan fingerprint density at radius 1 is 1.33 bits per heavy atom. The van der Waals surface area contributed by atoms with Crippen LogP contribution in [0.1, 0.15) is 23.0 Å². The molecule has 0 fully saturated rings. The molecule has 0 unspecified atom stereocenters. The van der Waals surface area contributed by atoms with Crippen LogP contribution in [0.4, 0.5) is 0 Å². The zero-order valence-electron chi connectivity index (χ0n) is 14.1. The second-order valence-corrected chi connectivity index (χ2v) is 6.59. The van der Waals surface area contributed by atoms with Crippen LogP contribution in [-0.2, 0) is 4.79 Å². The van der Waals surface area contributed by atoms with Crippen molar-refractivity contribution in [1.82, 2.24) is 4.90 Å². The Morgan fingerprint density at radius 2 is 2.19 bits per heavy atom. The Bertz CT molecular complexity index is 1050. The van der Waals surface area contributed by atoms with Crippen molar-refractivity contribution in [2.24, 2.45) is 4.99 Å². The summed E-state index contributed by atoms with van der Waals surface area (Å²) in [6, 6.07) is 9.78. The third-order valence-corrected chi connectivity index (χ3v) is 4.83. The standard InChI is InChI=1S/C19H13N3O4S/c1-11-10-27-19-21-17(23)14(16(20)22(11)19)9-12-4-2-5-13(8-12)26-18(24)15-6-3-7-25-15/h2-10,20H,1H3/b14-9-,20-16?. The van der Waals surface area contributed by atoms with Crippen molar-refractivity contribution < 1.29 is 18.7 Å². The van der Waals surface area contributed by atoms with Crippen LogP contribution >= 0.6 is 11.8 Å². The minimum absolute atomic E-state index is 0.0710. The van der Waals surface area contributed by atoms with Crippen molar-refractivity contribution >= 4 is 40.7 Å². The van der Waals surface area contributed by atoms with Gasteiger partial charge in [-0.2, -0.15) is 4.99 Å². The van der Waals surface area contributed by atoms with Crippen molar-refractivity contribution in [2.45, 2.75) is 6.92 Å². The number of fused-ring (bicyclic) bond motifs is 1. The van der Waals surface area contributed by atoms with Gasteiger partial charge < -0.3 is 9.15 Å². The predicted molar refractivity (Wildman–Crippen MR) is 101 cm³/mol. The number of aliphatic imine (C=N–C) groups is 1. The molecule has 0 spiro atoms. The summed E-state index contributed by atoms with van der Waals surface area (Å²) < 4.78 is 10.3. The van der Waals surface area contributed by atoms with Gasteiger partial charge in [-0.3, -0.25) is 15.1 Å². The number of amides is 1. The maximum absolute atomic E-state index is 12.3. The molecular formula is C19H13N3O4S. The molecule has 2 aliphatic rings. The summed E-state index contributed by atoms with van der Waals surface area (Å²) >= 11 is 1.32. The molecule has 1 amide bonds. The average molecular weight is 379 g/mol. The summed E-state index contributed by atoms with van der Waals surface area (Å²) in [5, 5.41) is 10.7. The van der Waals surface area contributed by atoms with E-state index in [2.05, 4.69) is 4.99 Å². The highest BCUT2D eigenvalue weighted by Crippen LogP contribution is 2.32. The van der Waals surface area contributed by atoms with Gasteiger partial charge >= 0.3 is 5.97 Å². The highest BCUT2D eigenvalue weighted by molar-refractivity contribution is 8.16. The van der Waals surface area contributed by atoms with E-state index in [0.717, 1.165) is 5.70 Å². The fraction of sp³-hybridized carbons (Fsp3) is 0.0526. The zero-order chi connectivity index (χ0) is 19.0. The van der Waals surface area contributed by atoms with E-state index < -0.39 is 11.9 Å². The number of nitrogens with zero attached hydrogens (tertiary/aromatic N) is 2. The third kappa shape index (κ3) is 3.22. The molecular weight excluding hydrogens is 366 g/mol. The van der Waals surface area contributed by atoms with Crippen LogP contribution < -0.4 is 4.74 Å². The van der Waals surface area contributed by atoms with Crippen LogP contribution in [-0.4, -0.2) is 27.8 Å². The molecule has 0 saturated carbocycles. The topological polar surface area (TPSA) is 96.0 Å². The van der Waals surface area contributed by atoms with Gasteiger partial charge in [0.1, 0.15) is 11.6 Å². The molecule has 4 rings (SSSR count). The number of thioether (sulfide) groups is 1. The number of benzene rings is 1. The number of furan rings is 1. The van der Waals surface area contributed by atoms with E-state index >= 15 is 0 Å². The first-order valence-electron chi connectivity index (χ1n) is 7.96. The Kier molecular flexibility index (Phi) is 4.25. The number of hydrogen-bond donors (Lipinski definition) is 1. The largest absolute Gasteiger partial charge is 0.457 e. The van der Waals surface area contributed by atoms with E-state index in [1.807, 2.05) is 12.3 Å². The number of carbonyl (C=O) groups is 2. The van der Waals surface area contributed by atoms with Gasteiger partial charge in [0, 0.05) is 5.70 Å². The first-order valence-corrected chi connectivity index (χ1v) is 8.84. The predicted octanol–water partition coefficient (Wildman–Crippen LogP) is 3.67. The first kappa shape index (κ1) is 17.0. The number of nitrogens with one attached hydrogen (secondary N) is 1. The Hall–Kier alpha value is -3.39. The molecule has 0 bridgehead atoms. The van der Waals surface area contributed by atoms with Gasteiger partial charge in [-0.05, 0) is 48.2 Å². The quantitative estimate of drug-likeness (QED) is 0.497. The maximum Gasteiger partial charge on any atom is 0.379 e. The van der Waals surface area contributed by atoms with E-state index in [1.165, 1.54) is 24.1 Å². The van der Waals surface area contributed by atoms with E-state index in [4.69, 9.17) is 14.6 Å². The third-order valence-electron chi connectivity index (χ3n) is 3.89. The Morgan fingerprint density at radius 3 is 2.96 bits per heavy atom. The second-order valence-electron chi connectivity index (χ2n) is 5.76. The number of allylic oxidation sites excluding steroid dienone is 1. The highest BCUT2D eigenvalue weighted by Gasteiger charge is 2.33. The molecule has 27 heavy (non-hydrogen) atoms. The molecule has 2 aliphatic heterocycles. The van der Waals surface area contributed by atoms with Crippen molar-refractivity contribution in [2.75, 3.05) is 0 Å². The molecule has 8 heteroatoms. The Labute approximate surface area is 158 Å². The number of esters is 1. The fourth-order valence-corrected chi connectivity index (χ4v) is 3.49. The molecule has 1 aromatic heterocycles. The molecule has 134 valence electrons. The summed E-state index contributed by atoms with van der Waals surface area (Å²) in [6.45, 7) is 1.85. The Balaban J connectivity index is 1.61. The van der Waals surface area contributed by atoms with Crippen LogP contribution in [0.5, 0.6) is 5.75 Å². The van der Waals surface area contributed by atoms with Gasteiger partial charge in [-0.15, -0.1) is 0 Å². The SMILES string of the molecule is CC1=CSC2=NC(=O)/C(=C\c3cccc(OC(=O)c4ccco4)c3)C(=N)N12. The molecule has 2 aromatic rings. The summed E-state index contributed by atoms with van der Waals surface area (Å²) in [4.78, 5) is 30.0. The number of ether oxygens (including phenoxy) is 1. The van der Waals surface area contributed by atoms with Gasteiger partial charge in [0.25, 0.3) is 5.91 Å². The fourth-order valence-electron chi connectivity index (χ4n) is 2.63. The number of carbonyl (C=O) groups excluding carboxylic acids is 2. The van der Waals surface area contributed by atoms with E-state index in [1.54, 1.807) is 41.3 Å². The molecule has 0 saturated heterocycles. The highest BCUT2D eigenvalue weighted by atomic mass is 32.2. The average Bonchev–Trinajstić information content (AvgIpc) is 3.29. The lowest BCUT2D eigenvalue weighted by molar-refractivity contribution is -0.114. The summed E-state index contributed by atoms with van der Waals surface area (Å²) in [7, 11) is 0. The van der Waals surface area contributed by atoms with Crippen molar-refractivity contribution in [3.8, 4) is 5.75 Å². The summed E-state index contributed by atoms with van der Waals surface area (Å²) in [6.07, 6.45) is 2.95. The van der Waals surface area contributed by atoms with E-state index in [9.17, 15) is 9.59 Å². The lowest BCUT2D eigenvalue weighted by Crippen LogP contribution is -2.37. The number of rotatable bonds is 3. The number of amidine groups is 2. The van der Waals surface area contributed by atoms with Crippen LogP contribution in [0.15, 0.2) is 68.7 Å². The van der Waals surface area contributed by atoms with Crippen molar-refractivity contribution in [3.05, 3.63) is 70.7 Å². The van der Waals surface area contributed by atoms with Gasteiger partial charge in [0.2, 0.25) is 5.76 Å². The molecule has 0 atom stereocenters. The van der Waals surface area contributed by atoms with Crippen LogP contribution in [0.2, 0.25) is 0 Å². The van der Waals surface area contributed by atoms with E-state index in [0.29, 0.717) is 16.5 Å². The molecule has 1 aromatic carbocycles. The van der Waals surface area contributed by atoms with Crippen molar-refractivity contribution in [1.29, 1.82) is 5.41 Å². The second kappa shape index (κ2) is 6.73. The van der Waals surface area contributed by atoms with Crippen LogP contribution in [0, 0.1) is 5.41 Å². The minimum atomic E-state index is -0.615. The lowest BCUT2D eigenvalue weighted by atomic mass is 10.1. The van der Waals surface area contributed by atoms with Gasteiger partial charge in [-0.25, -0.2) is 4.79 Å². The summed E-state index contributed by atoms with van der Waals surface area (Å²) in [5.74, 6) is -0.617. The lowest BCUT2D eigenvalue weighted by Gasteiger charge is -2.25. The molecule has 0 aliphatic carbocycles. The molecule has 3 heterocycles. The summed E-state index contributed by atoms with van der Waals surface area (Å²) in [5.41, 5.74) is 1.62. The van der Waals surface area contributed by atoms with Gasteiger partial charge in [0.05, 0.1) is 11.8 Å². The van der Waals surface area contributed by atoms with Crippen molar-refractivity contribution in [3.63, 3.8) is 0 Å². The van der Waals surface area contributed by atoms with Crippen LogP contribution in [0.3, 0.4) is 0 Å². The smallest absolute Gasteiger partial charge is 0.379 e. The minimum Gasteiger partial charge on any atom is -0.457 e. The molecule has 1 N–H and O–H groups in total. The van der Waals surface area contributed by atoms with Gasteiger partial charge in [-0.1, -0.05) is 23.9 Å². The molecule has 0 radical (unpaired) electrons. The van der Waals surface area contributed by atoms with Crippen LogP contribution in [0.25, 0.3) is 6.08 Å². The number of hydrogen-bond acceptors (Lipinski definition) is 6. The first-order chi connectivity index (χ1) is 13.0. The zero-order valence-corrected chi connectivity index (χ0v) is 14.9.